The van der Waals surface area contributed by atoms with E-state index in [1.54, 1.807) is 24.3 Å². The van der Waals surface area contributed by atoms with Gasteiger partial charge in [-0.25, -0.2) is 0 Å². The number of hydrogen-bond acceptors (Lipinski definition) is 5. The molecule has 3 rings (SSSR count). The zero-order valence-corrected chi connectivity index (χ0v) is 15.7. The summed E-state index contributed by atoms with van der Waals surface area (Å²) < 4.78 is 45.7. The van der Waals surface area contributed by atoms with E-state index in [-0.39, 0.29) is 6.10 Å². The monoisotopic (exact) mass is 399 g/mol. The number of ether oxygens (including phenoxy) is 1. The van der Waals surface area contributed by atoms with Crippen molar-refractivity contribution in [2.75, 3.05) is 18.1 Å². The van der Waals surface area contributed by atoms with Crippen LogP contribution < -0.4 is 15.1 Å². The SMILES string of the molecule is C[C@@H]1CNCC[C@H]1Oc1ccc(N2N=C(C(F)(F)F)[C@@H](C)[C@@H]2CC(=O)O)cc1. The van der Waals surface area contributed by atoms with Crippen molar-refractivity contribution in [3.8, 4) is 5.75 Å². The van der Waals surface area contributed by atoms with Crippen molar-refractivity contribution in [2.24, 2.45) is 16.9 Å². The number of carboxylic acid groups (broad SMARTS) is 1. The largest absolute Gasteiger partial charge is 0.490 e. The summed E-state index contributed by atoms with van der Waals surface area (Å²) in [6.07, 6.45) is -4.07. The van der Waals surface area contributed by atoms with E-state index in [1.807, 2.05) is 0 Å². The van der Waals surface area contributed by atoms with Gasteiger partial charge in [-0.1, -0.05) is 13.8 Å². The first kappa shape index (κ1) is 20.4. The van der Waals surface area contributed by atoms with Crippen LogP contribution >= 0.6 is 0 Å². The maximum Gasteiger partial charge on any atom is 0.431 e. The highest BCUT2D eigenvalue weighted by Gasteiger charge is 2.48. The van der Waals surface area contributed by atoms with Gasteiger partial charge >= 0.3 is 12.1 Å². The molecule has 0 bridgehead atoms. The first-order valence-corrected chi connectivity index (χ1v) is 9.31. The summed E-state index contributed by atoms with van der Waals surface area (Å²) in [6, 6.07) is 5.71. The summed E-state index contributed by atoms with van der Waals surface area (Å²) in [5.41, 5.74) is -0.550. The number of halogens is 3. The van der Waals surface area contributed by atoms with E-state index in [4.69, 9.17) is 9.84 Å². The Labute approximate surface area is 161 Å². The van der Waals surface area contributed by atoms with E-state index >= 15 is 0 Å². The van der Waals surface area contributed by atoms with Gasteiger partial charge in [-0.3, -0.25) is 9.80 Å². The standard InChI is InChI=1S/C19H24F3N3O3/c1-11-10-23-8-7-16(11)28-14-5-3-13(4-6-14)25-15(9-17(26)27)12(2)18(24-25)19(20,21)22/h3-6,11-12,15-16,23H,7-10H2,1-2H3,(H,26,27)/t11-,12+,15+,16-/m1/s1. The molecule has 0 radical (unpaired) electrons. The molecule has 1 fully saturated rings. The Morgan fingerprint density at radius 3 is 2.57 bits per heavy atom. The maximum atomic E-state index is 13.2. The second-order valence-corrected chi connectivity index (χ2v) is 7.40. The minimum absolute atomic E-state index is 0.0773. The van der Waals surface area contributed by atoms with Gasteiger partial charge in [0, 0.05) is 18.4 Å². The van der Waals surface area contributed by atoms with Crippen molar-refractivity contribution >= 4 is 17.4 Å². The fourth-order valence-electron chi connectivity index (χ4n) is 3.70. The number of anilines is 1. The number of carbonyl (C=O) groups is 1. The minimum atomic E-state index is -4.60. The van der Waals surface area contributed by atoms with Crippen LogP contribution in [0.2, 0.25) is 0 Å². The predicted molar refractivity (Wildman–Crippen MR) is 98.7 cm³/mol. The summed E-state index contributed by atoms with van der Waals surface area (Å²) in [5, 5.41) is 17.3. The van der Waals surface area contributed by atoms with Gasteiger partial charge in [0.15, 0.2) is 0 Å². The Morgan fingerprint density at radius 2 is 2.00 bits per heavy atom. The van der Waals surface area contributed by atoms with Crippen molar-refractivity contribution in [2.45, 2.75) is 45.0 Å². The Hall–Kier alpha value is -2.29. The van der Waals surface area contributed by atoms with Gasteiger partial charge in [-0.2, -0.15) is 18.3 Å². The molecule has 2 heterocycles. The molecule has 9 heteroatoms. The predicted octanol–water partition coefficient (Wildman–Crippen LogP) is 3.28. The van der Waals surface area contributed by atoms with E-state index in [9.17, 15) is 18.0 Å². The van der Waals surface area contributed by atoms with Crippen LogP contribution in [0, 0.1) is 11.8 Å². The second kappa shape index (κ2) is 7.98. The third kappa shape index (κ3) is 4.40. The zero-order chi connectivity index (χ0) is 20.5. The van der Waals surface area contributed by atoms with Crippen LogP contribution in [0.1, 0.15) is 26.7 Å². The lowest BCUT2D eigenvalue weighted by Crippen LogP contribution is -2.41. The highest BCUT2D eigenvalue weighted by Crippen LogP contribution is 2.37. The molecule has 2 aliphatic rings. The highest BCUT2D eigenvalue weighted by molar-refractivity contribution is 5.95. The van der Waals surface area contributed by atoms with Gasteiger partial charge in [-0.15, -0.1) is 0 Å². The van der Waals surface area contributed by atoms with Gasteiger partial charge in [0.2, 0.25) is 0 Å². The second-order valence-electron chi connectivity index (χ2n) is 7.40. The minimum Gasteiger partial charge on any atom is -0.490 e. The van der Waals surface area contributed by atoms with E-state index in [2.05, 4.69) is 17.3 Å². The van der Waals surface area contributed by atoms with Crippen molar-refractivity contribution in [3.63, 3.8) is 0 Å². The number of benzene rings is 1. The summed E-state index contributed by atoms with van der Waals surface area (Å²) in [7, 11) is 0. The zero-order valence-electron chi connectivity index (χ0n) is 15.7. The number of aliphatic carboxylic acids is 1. The maximum absolute atomic E-state index is 13.2. The number of hydrazone groups is 1. The number of rotatable bonds is 5. The molecule has 0 aliphatic carbocycles. The fourth-order valence-corrected chi connectivity index (χ4v) is 3.70. The number of nitrogens with zero attached hydrogens (tertiary/aromatic N) is 2. The van der Waals surface area contributed by atoms with E-state index < -0.39 is 36.2 Å². The van der Waals surface area contributed by atoms with Crippen molar-refractivity contribution in [3.05, 3.63) is 24.3 Å². The quantitative estimate of drug-likeness (QED) is 0.795. The first-order valence-electron chi connectivity index (χ1n) is 9.31. The molecule has 6 nitrogen and oxygen atoms in total. The lowest BCUT2D eigenvalue weighted by Gasteiger charge is -2.30. The summed E-state index contributed by atoms with van der Waals surface area (Å²) >= 11 is 0. The average molecular weight is 399 g/mol. The number of alkyl halides is 3. The molecular formula is C19H24F3N3O3. The number of carboxylic acids is 1. The van der Waals surface area contributed by atoms with Crippen molar-refractivity contribution in [1.82, 2.24) is 5.32 Å². The molecule has 2 N–H and O–H groups in total. The summed E-state index contributed by atoms with van der Waals surface area (Å²) in [6.45, 7) is 5.21. The van der Waals surface area contributed by atoms with Gasteiger partial charge < -0.3 is 15.2 Å². The van der Waals surface area contributed by atoms with Crippen LogP contribution in [0.3, 0.4) is 0 Å². The highest BCUT2D eigenvalue weighted by atomic mass is 19.4. The van der Waals surface area contributed by atoms with Crippen LogP contribution in [0.5, 0.6) is 5.75 Å². The lowest BCUT2D eigenvalue weighted by atomic mass is 9.94. The van der Waals surface area contributed by atoms with Crippen molar-refractivity contribution < 1.29 is 27.8 Å². The van der Waals surface area contributed by atoms with Gasteiger partial charge in [0.25, 0.3) is 0 Å². The molecule has 154 valence electrons. The topological polar surface area (TPSA) is 74.2 Å². The number of hydrogen-bond donors (Lipinski definition) is 2. The van der Waals surface area contributed by atoms with Gasteiger partial charge in [-0.05, 0) is 37.2 Å². The lowest BCUT2D eigenvalue weighted by molar-refractivity contribution is -0.137. The molecule has 0 spiro atoms. The van der Waals surface area contributed by atoms with Gasteiger partial charge in [0.1, 0.15) is 17.6 Å². The molecule has 0 saturated carbocycles. The molecule has 0 amide bonds. The smallest absolute Gasteiger partial charge is 0.431 e. The average Bonchev–Trinajstić information content (AvgIpc) is 2.94. The Bertz CT molecular complexity index is 736. The molecule has 1 aromatic carbocycles. The molecule has 2 aliphatic heterocycles. The molecule has 1 aromatic rings. The van der Waals surface area contributed by atoms with E-state index in [0.717, 1.165) is 19.5 Å². The van der Waals surface area contributed by atoms with Crippen LogP contribution in [0.25, 0.3) is 0 Å². The molecular weight excluding hydrogens is 375 g/mol. The van der Waals surface area contributed by atoms with Crippen molar-refractivity contribution in [1.29, 1.82) is 0 Å². The molecule has 1 saturated heterocycles. The van der Waals surface area contributed by atoms with E-state index in [1.165, 1.54) is 11.9 Å². The van der Waals surface area contributed by atoms with Gasteiger partial charge in [0.05, 0.1) is 18.2 Å². The Balaban J connectivity index is 1.79. The Morgan fingerprint density at radius 1 is 1.32 bits per heavy atom. The van der Waals surface area contributed by atoms with Crippen LogP contribution in [-0.4, -0.2) is 48.2 Å². The molecule has 4 atom stereocenters. The number of nitrogens with one attached hydrogen (secondary N) is 1. The van der Waals surface area contributed by atoms with E-state index in [0.29, 0.717) is 17.4 Å². The van der Waals surface area contributed by atoms with Crippen LogP contribution in [0.15, 0.2) is 29.4 Å². The normalized spacial score (nSPS) is 28.2. The third-order valence-electron chi connectivity index (χ3n) is 5.31. The molecule has 0 aromatic heterocycles. The summed E-state index contributed by atoms with van der Waals surface area (Å²) in [4.78, 5) is 11.2. The molecule has 28 heavy (non-hydrogen) atoms. The molecule has 0 unspecified atom stereocenters. The van der Waals surface area contributed by atoms with Crippen LogP contribution in [0.4, 0.5) is 18.9 Å². The first-order chi connectivity index (χ1) is 13.2. The fraction of sp³-hybridized carbons (Fsp3) is 0.579. The Kier molecular flexibility index (Phi) is 5.83. The number of piperidine rings is 1. The van der Waals surface area contributed by atoms with Crippen LogP contribution in [-0.2, 0) is 4.79 Å². The third-order valence-corrected chi connectivity index (χ3v) is 5.31. The summed E-state index contributed by atoms with van der Waals surface area (Å²) in [5.74, 6) is -1.22.